The molecule has 0 aliphatic heterocycles. The van der Waals surface area contributed by atoms with Crippen LogP contribution in [0, 0.1) is 0 Å². The lowest BCUT2D eigenvalue weighted by Crippen LogP contribution is -2.38. The molecule has 1 aliphatic rings. The van der Waals surface area contributed by atoms with Gasteiger partial charge in [0.05, 0.1) is 6.54 Å². The molecule has 0 amide bonds. The third kappa shape index (κ3) is 3.77. The van der Waals surface area contributed by atoms with Crippen molar-refractivity contribution in [1.82, 2.24) is 10.6 Å². The van der Waals surface area contributed by atoms with Crippen LogP contribution in [0.4, 0.5) is 0 Å². The van der Waals surface area contributed by atoms with Gasteiger partial charge in [-0.25, -0.2) is 0 Å². The van der Waals surface area contributed by atoms with Crippen LogP contribution in [0.15, 0.2) is 46.8 Å². The molecule has 1 fully saturated rings. The smallest absolute Gasteiger partial charge is 0.191 e. The molecular formula is C16H18ClN3S. The molecule has 0 saturated heterocycles. The van der Waals surface area contributed by atoms with E-state index in [1.807, 2.05) is 12.1 Å². The highest BCUT2D eigenvalue weighted by atomic mass is 35.5. The maximum atomic E-state index is 6.05. The van der Waals surface area contributed by atoms with Crippen molar-refractivity contribution in [3.8, 4) is 0 Å². The van der Waals surface area contributed by atoms with Gasteiger partial charge in [-0.1, -0.05) is 29.8 Å². The number of rotatable bonds is 4. The van der Waals surface area contributed by atoms with Crippen molar-refractivity contribution in [1.29, 1.82) is 0 Å². The minimum Gasteiger partial charge on any atom is -0.353 e. The highest BCUT2D eigenvalue weighted by molar-refractivity contribution is 7.09. The second kappa shape index (κ2) is 6.50. The summed E-state index contributed by atoms with van der Waals surface area (Å²) in [6.07, 6.45) is 1.13. The molecule has 1 aliphatic carbocycles. The number of nitrogens with zero attached hydrogens (tertiary/aromatic N) is 1. The van der Waals surface area contributed by atoms with Gasteiger partial charge in [-0.3, -0.25) is 4.99 Å². The first-order valence-corrected chi connectivity index (χ1v) is 8.27. The number of hydrogen-bond acceptors (Lipinski definition) is 2. The third-order valence-corrected chi connectivity index (χ3v) is 4.73. The molecule has 1 aromatic heterocycles. The summed E-state index contributed by atoms with van der Waals surface area (Å²) < 4.78 is 0. The molecule has 110 valence electrons. The van der Waals surface area contributed by atoms with E-state index in [4.69, 9.17) is 11.6 Å². The summed E-state index contributed by atoms with van der Waals surface area (Å²) in [5, 5.41) is 9.71. The second-order valence-electron chi connectivity index (χ2n) is 5.15. The van der Waals surface area contributed by atoms with Crippen LogP contribution < -0.4 is 10.6 Å². The zero-order chi connectivity index (χ0) is 14.7. The molecule has 2 aromatic rings. The molecule has 0 bridgehead atoms. The van der Waals surface area contributed by atoms with E-state index in [1.165, 1.54) is 10.4 Å². The van der Waals surface area contributed by atoms with E-state index in [0.29, 0.717) is 12.0 Å². The Hall–Kier alpha value is -1.52. The topological polar surface area (TPSA) is 36.4 Å². The predicted octanol–water partition coefficient (Wildman–Crippen LogP) is 3.62. The summed E-state index contributed by atoms with van der Waals surface area (Å²) in [7, 11) is 1.81. The van der Waals surface area contributed by atoms with Gasteiger partial charge in [0.1, 0.15) is 0 Å². The zero-order valence-corrected chi connectivity index (χ0v) is 13.4. The molecule has 3 nitrogen and oxygen atoms in total. The van der Waals surface area contributed by atoms with Gasteiger partial charge < -0.3 is 10.6 Å². The maximum Gasteiger partial charge on any atom is 0.191 e. The Morgan fingerprint density at radius 2 is 2.29 bits per heavy atom. The summed E-state index contributed by atoms with van der Waals surface area (Å²) in [5.74, 6) is 1.39. The minimum atomic E-state index is 0.443. The van der Waals surface area contributed by atoms with Gasteiger partial charge in [0.25, 0.3) is 0 Å². The van der Waals surface area contributed by atoms with E-state index in [2.05, 4.69) is 45.3 Å². The van der Waals surface area contributed by atoms with Crippen LogP contribution in [0.1, 0.15) is 22.8 Å². The molecule has 0 spiro atoms. The van der Waals surface area contributed by atoms with Gasteiger partial charge in [0, 0.05) is 28.9 Å². The summed E-state index contributed by atoms with van der Waals surface area (Å²) in [4.78, 5) is 5.59. The summed E-state index contributed by atoms with van der Waals surface area (Å²) >= 11 is 7.80. The van der Waals surface area contributed by atoms with E-state index in [1.54, 1.807) is 18.4 Å². The Labute approximate surface area is 134 Å². The van der Waals surface area contributed by atoms with E-state index < -0.39 is 0 Å². The zero-order valence-electron chi connectivity index (χ0n) is 11.8. The van der Waals surface area contributed by atoms with Crippen molar-refractivity contribution < 1.29 is 0 Å². The van der Waals surface area contributed by atoms with Crippen molar-refractivity contribution >= 4 is 28.9 Å². The van der Waals surface area contributed by atoms with Crippen LogP contribution in [-0.2, 0) is 6.54 Å². The van der Waals surface area contributed by atoms with E-state index in [9.17, 15) is 0 Å². The monoisotopic (exact) mass is 319 g/mol. The number of thiophene rings is 1. The number of benzene rings is 1. The Bertz CT molecular complexity index is 624. The van der Waals surface area contributed by atoms with Crippen LogP contribution >= 0.6 is 22.9 Å². The van der Waals surface area contributed by atoms with Crippen LogP contribution in [-0.4, -0.2) is 19.0 Å². The van der Waals surface area contributed by atoms with Gasteiger partial charge >= 0.3 is 0 Å². The lowest BCUT2D eigenvalue weighted by Gasteiger charge is -2.11. The molecule has 5 heteroatoms. The SMILES string of the molecule is CN=C(NCc1cccs1)NC1CC1c1cccc(Cl)c1. The van der Waals surface area contributed by atoms with Crippen LogP contribution in [0.5, 0.6) is 0 Å². The first-order chi connectivity index (χ1) is 10.3. The molecular weight excluding hydrogens is 302 g/mol. The largest absolute Gasteiger partial charge is 0.353 e. The summed E-state index contributed by atoms with van der Waals surface area (Å²) in [6.45, 7) is 0.811. The number of halogens is 1. The highest BCUT2D eigenvalue weighted by Crippen LogP contribution is 2.41. The van der Waals surface area contributed by atoms with Crippen LogP contribution in [0.25, 0.3) is 0 Å². The first-order valence-electron chi connectivity index (χ1n) is 7.01. The maximum absolute atomic E-state index is 6.05. The van der Waals surface area contributed by atoms with Crippen molar-refractivity contribution in [2.45, 2.75) is 24.9 Å². The molecule has 1 saturated carbocycles. The Morgan fingerprint density at radius 3 is 3.00 bits per heavy atom. The minimum absolute atomic E-state index is 0.443. The van der Waals surface area contributed by atoms with E-state index in [0.717, 1.165) is 23.9 Å². The van der Waals surface area contributed by atoms with Crippen molar-refractivity contribution in [2.75, 3.05) is 7.05 Å². The molecule has 21 heavy (non-hydrogen) atoms. The molecule has 3 rings (SSSR count). The quantitative estimate of drug-likeness (QED) is 0.667. The fourth-order valence-corrected chi connectivity index (χ4v) is 3.26. The third-order valence-electron chi connectivity index (χ3n) is 3.62. The highest BCUT2D eigenvalue weighted by Gasteiger charge is 2.39. The molecule has 2 atom stereocenters. The Balaban J connectivity index is 1.52. The fraction of sp³-hybridized carbons (Fsp3) is 0.312. The first kappa shape index (κ1) is 14.4. The molecule has 1 heterocycles. The number of guanidine groups is 1. The van der Waals surface area contributed by atoms with Gasteiger partial charge in [0.15, 0.2) is 5.96 Å². The second-order valence-corrected chi connectivity index (χ2v) is 6.62. The number of aliphatic imine (C=N–C) groups is 1. The normalized spacial score (nSPS) is 21.1. The molecule has 1 aromatic carbocycles. The summed E-state index contributed by atoms with van der Waals surface area (Å²) in [5.41, 5.74) is 1.30. The van der Waals surface area contributed by atoms with Crippen LogP contribution in [0.3, 0.4) is 0 Å². The van der Waals surface area contributed by atoms with Crippen molar-refractivity contribution in [3.63, 3.8) is 0 Å². The van der Waals surface area contributed by atoms with E-state index >= 15 is 0 Å². The molecule has 2 N–H and O–H groups in total. The Morgan fingerprint density at radius 1 is 1.38 bits per heavy atom. The Kier molecular flexibility index (Phi) is 4.46. The fourth-order valence-electron chi connectivity index (χ4n) is 2.41. The van der Waals surface area contributed by atoms with Gasteiger partial charge in [-0.2, -0.15) is 0 Å². The predicted molar refractivity (Wildman–Crippen MR) is 90.3 cm³/mol. The lowest BCUT2D eigenvalue weighted by atomic mass is 10.1. The van der Waals surface area contributed by atoms with Gasteiger partial charge in [-0.05, 0) is 35.6 Å². The molecule has 0 radical (unpaired) electrons. The van der Waals surface area contributed by atoms with E-state index in [-0.39, 0.29) is 0 Å². The van der Waals surface area contributed by atoms with Crippen molar-refractivity contribution in [2.24, 2.45) is 4.99 Å². The van der Waals surface area contributed by atoms with Gasteiger partial charge in [0.2, 0.25) is 0 Å². The summed E-state index contributed by atoms with van der Waals surface area (Å²) in [6, 6.07) is 12.7. The average molecular weight is 320 g/mol. The van der Waals surface area contributed by atoms with Crippen molar-refractivity contribution in [3.05, 3.63) is 57.2 Å². The number of nitrogens with one attached hydrogen (secondary N) is 2. The van der Waals surface area contributed by atoms with Crippen LogP contribution in [0.2, 0.25) is 5.02 Å². The average Bonchev–Trinajstić information content (AvgIpc) is 3.06. The molecule has 2 unspecified atom stereocenters. The lowest BCUT2D eigenvalue weighted by molar-refractivity contribution is 0.795. The standard InChI is InChI=1S/C16H18ClN3S/c1-18-16(19-10-13-6-3-7-21-13)20-15-9-14(15)11-4-2-5-12(17)8-11/h2-8,14-15H,9-10H2,1H3,(H2,18,19,20). The van der Waals surface area contributed by atoms with Gasteiger partial charge in [-0.15, -0.1) is 11.3 Å². The number of hydrogen-bond donors (Lipinski definition) is 2.